The molecule has 0 spiro atoms. The van der Waals surface area contributed by atoms with Crippen LogP contribution in [-0.2, 0) is 5.33 Å². The normalized spacial score (nSPS) is 10.9. The van der Waals surface area contributed by atoms with Gasteiger partial charge in [0, 0.05) is 5.33 Å². The van der Waals surface area contributed by atoms with Crippen molar-refractivity contribution in [2.24, 2.45) is 0 Å². The molecular formula is C43H31Br. The third-order valence-electron chi connectivity index (χ3n) is 8.21. The number of rotatable bonds is 7. The molecule has 0 radical (unpaired) electrons. The molecule has 0 aliphatic carbocycles. The lowest BCUT2D eigenvalue weighted by molar-refractivity contribution is 1.43. The molecular weight excluding hydrogens is 596 g/mol. The summed E-state index contributed by atoms with van der Waals surface area (Å²) in [5, 5.41) is 0.821. The van der Waals surface area contributed by atoms with Crippen molar-refractivity contribution in [1.29, 1.82) is 0 Å². The number of benzene rings is 7. The minimum Gasteiger partial charge on any atom is -0.0876 e. The lowest BCUT2D eigenvalue weighted by Crippen LogP contribution is -2.02. The Bertz CT molecular complexity index is 1880. The summed E-state index contributed by atoms with van der Waals surface area (Å²) >= 11 is 3.66. The summed E-state index contributed by atoms with van der Waals surface area (Å²) < 4.78 is 0. The fourth-order valence-electron chi connectivity index (χ4n) is 6.27. The van der Waals surface area contributed by atoms with Crippen LogP contribution in [0.4, 0.5) is 0 Å². The molecule has 44 heavy (non-hydrogen) atoms. The van der Waals surface area contributed by atoms with Gasteiger partial charge in [0.1, 0.15) is 0 Å². The fraction of sp³-hybridized carbons (Fsp3) is 0.0233. The van der Waals surface area contributed by atoms with Gasteiger partial charge in [0.25, 0.3) is 0 Å². The minimum absolute atomic E-state index is 0.821. The maximum atomic E-state index is 3.66. The second-order valence-corrected chi connectivity index (χ2v) is 11.5. The van der Waals surface area contributed by atoms with Crippen molar-refractivity contribution < 1.29 is 0 Å². The zero-order valence-corrected chi connectivity index (χ0v) is 25.9. The summed E-state index contributed by atoms with van der Waals surface area (Å²) in [5.41, 5.74) is 15.8. The van der Waals surface area contributed by atoms with E-state index in [0.29, 0.717) is 0 Å². The van der Waals surface area contributed by atoms with Crippen molar-refractivity contribution in [3.63, 3.8) is 0 Å². The largest absolute Gasteiger partial charge is 0.0876 e. The summed E-state index contributed by atoms with van der Waals surface area (Å²) in [6.45, 7) is 0. The molecule has 0 aliphatic heterocycles. The summed E-state index contributed by atoms with van der Waals surface area (Å²) in [6, 6.07) is 63.6. The van der Waals surface area contributed by atoms with E-state index in [1.165, 1.54) is 72.3 Å². The molecule has 0 heterocycles. The number of alkyl halides is 1. The molecule has 0 atom stereocenters. The molecule has 0 aliphatic rings. The van der Waals surface area contributed by atoms with E-state index in [-0.39, 0.29) is 0 Å². The van der Waals surface area contributed by atoms with Gasteiger partial charge in [-0.3, -0.25) is 0 Å². The van der Waals surface area contributed by atoms with E-state index in [1.807, 2.05) is 0 Å². The van der Waals surface area contributed by atoms with E-state index in [0.717, 1.165) is 5.33 Å². The zero-order valence-electron chi connectivity index (χ0n) is 24.3. The van der Waals surface area contributed by atoms with Crippen LogP contribution in [0, 0.1) is 0 Å². The molecule has 0 saturated heterocycles. The van der Waals surface area contributed by atoms with E-state index in [9.17, 15) is 0 Å². The predicted molar refractivity (Wildman–Crippen MR) is 192 cm³/mol. The van der Waals surface area contributed by atoms with Gasteiger partial charge in [0.15, 0.2) is 0 Å². The molecule has 0 fully saturated rings. The van der Waals surface area contributed by atoms with E-state index in [4.69, 9.17) is 0 Å². The third-order valence-corrected chi connectivity index (χ3v) is 8.86. The van der Waals surface area contributed by atoms with Crippen molar-refractivity contribution in [2.45, 2.75) is 5.33 Å². The van der Waals surface area contributed by atoms with Gasteiger partial charge in [-0.1, -0.05) is 192 Å². The average molecular weight is 628 g/mol. The van der Waals surface area contributed by atoms with E-state index in [2.05, 4.69) is 192 Å². The maximum Gasteiger partial charge on any atom is 0.0283 e. The van der Waals surface area contributed by atoms with Crippen LogP contribution in [0.15, 0.2) is 176 Å². The van der Waals surface area contributed by atoms with Gasteiger partial charge in [-0.25, -0.2) is 0 Å². The molecule has 7 aromatic rings. The molecule has 0 saturated carbocycles. The minimum atomic E-state index is 0.821. The highest BCUT2D eigenvalue weighted by Gasteiger charge is 2.28. The Balaban J connectivity index is 1.79. The quantitative estimate of drug-likeness (QED) is 0.154. The number of hydrogen-bond donors (Lipinski definition) is 0. The Hall–Kier alpha value is -4.98. The summed E-state index contributed by atoms with van der Waals surface area (Å²) in [7, 11) is 0. The first-order chi connectivity index (χ1) is 21.8. The Morgan fingerprint density at radius 3 is 0.659 bits per heavy atom. The Morgan fingerprint density at radius 1 is 0.250 bits per heavy atom. The molecule has 0 amide bonds. The summed E-state index contributed by atoms with van der Waals surface area (Å²) in [5.74, 6) is 0. The molecule has 0 nitrogen and oxygen atoms in total. The van der Waals surface area contributed by atoms with Crippen molar-refractivity contribution in [3.05, 3.63) is 181 Å². The second kappa shape index (κ2) is 12.7. The Morgan fingerprint density at radius 2 is 0.455 bits per heavy atom. The first-order valence-corrected chi connectivity index (χ1v) is 16.1. The van der Waals surface area contributed by atoms with Crippen LogP contribution in [0.25, 0.3) is 66.8 Å². The first kappa shape index (κ1) is 27.8. The van der Waals surface area contributed by atoms with Crippen LogP contribution in [0.2, 0.25) is 0 Å². The molecule has 210 valence electrons. The maximum absolute atomic E-state index is 3.66. The Labute approximate surface area is 268 Å². The van der Waals surface area contributed by atoms with Crippen LogP contribution < -0.4 is 0 Å². The molecule has 7 aromatic carbocycles. The van der Waals surface area contributed by atoms with Crippen molar-refractivity contribution in [2.75, 3.05) is 0 Å². The molecule has 1 heteroatoms. The van der Waals surface area contributed by atoms with E-state index >= 15 is 0 Å². The molecule has 0 aromatic heterocycles. The second-order valence-electron chi connectivity index (χ2n) is 10.9. The van der Waals surface area contributed by atoms with Gasteiger partial charge in [-0.15, -0.1) is 0 Å². The van der Waals surface area contributed by atoms with Crippen molar-refractivity contribution in [1.82, 2.24) is 0 Å². The third kappa shape index (κ3) is 5.32. The van der Waals surface area contributed by atoms with Crippen LogP contribution in [-0.4, -0.2) is 0 Å². The van der Waals surface area contributed by atoms with Crippen molar-refractivity contribution in [3.8, 4) is 66.8 Å². The monoisotopic (exact) mass is 626 g/mol. The number of halogens is 1. The van der Waals surface area contributed by atoms with Gasteiger partial charge < -0.3 is 0 Å². The van der Waals surface area contributed by atoms with Gasteiger partial charge in [0.05, 0.1) is 0 Å². The molecule has 7 rings (SSSR count). The average Bonchev–Trinajstić information content (AvgIpc) is 3.12. The van der Waals surface area contributed by atoms with Gasteiger partial charge in [0.2, 0.25) is 0 Å². The lowest BCUT2D eigenvalue weighted by atomic mass is 9.74. The van der Waals surface area contributed by atoms with Crippen LogP contribution in [0.3, 0.4) is 0 Å². The topological polar surface area (TPSA) is 0 Å². The Kier molecular flexibility index (Phi) is 8.04. The first-order valence-electron chi connectivity index (χ1n) is 15.0. The van der Waals surface area contributed by atoms with Gasteiger partial charge in [-0.05, 0) is 72.3 Å². The standard InChI is InChI=1S/C43H31Br/c44-30-31-26-28-37(29-27-31)43-41(35-22-12-4-13-23-35)39(33-18-8-2-9-19-33)38(32-16-6-1-7-17-32)40(34-20-10-3-11-21-34)42(43)36-24-14-5-15-25-36/h1-29H,30H2. The fourth-order valence-corrected chi connectivity index (χ4v) is 6.64. The molecule has 0 unspecified atom stereocenters. The van der Waals surface area contributed by atoms with E-state index in [1.54, 1.807) is 0 Å². The van der Waals surface area contributed by atoms with Crippen LogP contribution in [0.5, 0.6) is 0 Å². The van der Waals surface area contributed by atoms with Crippen molar-refractivity contribution >= 4 is 15.9 Å². The summed E-state index contributed by atoms with van der Waals surface area (Å²) in [6.07, 6.45) is 0. The van der Waals surface area contributed by atoms with E-state index < -0.39 is 0 Å². The van der Waals surface area contributed by atoms with Gasteiger partial charge >= 0.3 is 0 Å². The van der Waals surface area contributed by atoms with Crippen LogP contribution in [0.1, 0.15) is 5.56 Å². The lowest BCUT2D eigenvalue weighted by Gasteiger charge is -2.28. The summed E-state index contributed by atoms with van der Waals surface area (Å²) in [4.78, 5) is 0. The highest BCUT2D eigenvalue weighted by molar-refractivity contribution is 9.08. The highest BCUT2D eigenvalue weighted by Crippen LogP contribution is 2.55. The highest BCUT2D eigenvalue weighted by atomic mass is 79.9. The van der Waals surface area contributed by atoms with Gasteiger partial charge in [-0.2, -0.15) is 0 Å². The number of hydrogen-bond acceptors (Lipinski definition) is 0. The predicted octanol–water partition coefficient (Wildman–Crippen LogP) is 12.6. The zero-order chi connectivity index (χ0) is 29.7. The SMILES string of the molecule is BrCc1ccc(-c2c(-c3ccccc3)c(-c3ccccc3)c(-c3ccccc3)c(-c3ccccc3)c2-c2ccccc2)cc1. The van der Waals surface area contributed by atoms with Crippen LogP contribution >= 0.6 is 15.9 Å². The smallest absolute Gasteiger partial charge is 0.0283 e. The molecule has 0 bridgehead atoms. The molecule has 0 N–H and O–H groups in total.